The zero-order chi connectivity index (χ0) is 10.8. The molecule has 0 aromatic carbocycles. The molecular weight excluding hydrogens is 214 g/mol. The minimum absolute atomic E-state index is 0.229. The van der Waals surface area contributed by atoms with E-state index in [0.717, 1.165) is 24.3 Å². The molecule has 0 aliphatic heterocycles. The number of halogens is 1. The molecule has 0 radical (unpaired) electrons. The molecule has 2 rings (SSSR count). The van der Waals surface area contributed by atoms with Crippen molar-refractivity contribution >= 4 is 28.6 Å². The molecule has 0 saturated heterocycles. The molecule has 0 saturated carbocycles. The van der Waals surface area contributed by atoms with Crippen LogP contribution in [0.15, 0.2) is 6.33 Å². The van der Waals surface area contributed by atoms with E-state index in [0.29, 0.717) is 5.65 Å². The minimum atomic E-state index is 0.229. The average molecular weight is 226 g/mol. The number of aromatic amines is 1. The molecule has 0 fully saturated rings. The van der Waals surface area contributed by atoms with Gasteiger partial charge in [0.05, 0.1) is 6.33 Å². The van der Waals surface area contributed by atoms with Crippen LogP contribution in [0.25, 0.3) is 11.2 Å². The first-order valence-electron chi connectivity index (χ1n) is 4.80. The molecule has 0 spiro atoms. The summed E-state index contributed by atoms with van der Waals surface area (Å²) in [5.74, 6) is 0.796. The van der Waals surface area contributed by atoms with Gasteiger partial charge in [0.2, 0.25) is 5.28 Å². The third-order valence-corrected chi connectivity index (χ3v) is 2.33. The quantitative estimate of drug-likeness (QED) is 0.810. The van der Waals surface area contributed by atoms with Crippen molar-refractivity contribution in [3.05, 3.63) is 11.6 Å². The lowest BCUT2D eigenvalue weighted by molar-refractivity contribution is 0.839. The number of nitrogens with zero attached hydrogens (tertiary/aromatic N) is 4. The fourth-order valence-electron chi connectivity index (χ4n) is 1.51. The first-order valence-corrected chi connectivity index (χ1v) is 5.18. The molecule has 6 heteroatoms. The van der Waals surface area contributed by atoms with E-state index in [4.69, 9.17) is 11.6 Å². The van der Waals surface area contributed by atoms with Crippen LogP contribution in [0.5, 0.6) is 0 Å². The number of fused-ring (bicyclic) bond motifs is 1. The van der Waals surface area contributed by atoms with Gasteiger partial charge in [0.25, 0.3) is 0 Å². The van der Waals surface area contributed by atoms with Crippen LogP contribution in [0.1, 0.15) is 13.3 Å². The first-order chi connectivity index (χ1) is 7.22. The van der Waals surface area contributed by atoms with Crippen molar-refractivity contribution in [1.82, 2.24) is 19.9 Å². The van der Waals surface area contributed by atoms with Gasteiger partial charge in [-0.3, -0.25) is 0 Å². The third-order valence-electron chi connectivity index (χ3n) is 2.16. The summed E-state index contributed by atoms with van der Waals surface area (Å²) in [4.78, 5) is 17.3. The van der Waals surface area contributed by atoms with Gasteiger partial charge in [-0.1, -0.05) is 6.92 Å². The minimum Gasteiger partial charge on any atom is -0.358 e. The Kier molecular flexibility index (Phi) is 2.73. The van der Waals surface area contributed by atoms with E-state index >= 15 is 0 Å². The molecule has 2 aromatic rings. The van der Waals surface area contributed by atoms with Gasteiger partial charge in [-0.05, 0) is 18.0 Å². The van der Waals surface area contributed by atoms with E-state index in [1.807, 2.05) is 11.9 Å². The van der Waals surface area contributed by atoms with Gasteiger partial charge in [-0.15, -0.1) is 0 Å². The lowest BCUT2D eigenvalue weighted by Crippen LogP contribution is -2.19. The highest BCUT2D eigenvalue weighted by molar-refractivity contribution is 6.28. The van der Waals surface area contributed by atoms with E-state index in [-0.39, 0.29) is 5.28 Å². The predicted molar refractivity (Wildman–Crippen MR) is 60.3 cm³/mol. The number of anilines is 1. The monoisotopic (exact) mass is 225 g/mol. The van der Waals surface area contributed by atoms with Crippen LogP contribution in [0.4, 0.5) is 5.82 Å². The second-order valence-corrected chi connectivity index (χ2v) is 3.68. The lowest BCUT2D eigenvalue weighted by Gasteiger charge is -2.17. The summed E-state index contributed by atoms with van der Waals surface area (Å²) in [6.45, 7) is 3.03. The molecule has 1 N–H and O–H groups in total. The maximum atomic E-state index is 5.82. The summed E-state index contributed by atoms with van der Waals surface area (Å²) >= 11 is 5.82. The summed E-state index contributed by atoms with van der Waals surface area (Å²) in [6.07, 6.45) is 2.65. The van der Waals surface area contributed by atoms with Crippen molar-refractivity contribution in [1.29, 1.82) is 0 Å². The van der Waals surface area contributed by atoms with Crippen LogP contribution in [-0.2, 0) is 0 Å². The van der Waals surface area contributed by atoms with Gasteiger partial charge in [0.1, 0.15) is 5.52 Å². The third kappa shape index (κ3) is 1.87. The van der Waals surface area contributed by atoms with Gasteiger partial charge in [-0.25, -0.2) is 4.98 Å². The molecular formula is C9H12ClN5. The van der Waals surface area contributed by atoms with Crippen molar-refractivity contribution < 1.29 is 0 Å². The van der Waals surface area contributed by atoms with Gasteiger partial charge in [0, 0.05) is 13.6 Å². The van der Waals surface area contributed by atoms with Crippen LogP contribution in [-0.4, -0.2) is 33.5 Å². The Morgan fingerprint density at radius 3 is 3.00 bits per heavy atom. The number of H-pyrrole nitrogens is 1. The summed E-state index contributed by atoms with van der Waals surface area (Å²) < 4.78 is 0. The number of aromatic nitrogens is 4. The van der Waals surface area contributed by atoms with E-state index in [1.54, 1.807) is 6.33 Å². The largest absolute Gasteiger partial charge is 0.358 e. The summed E-state index contributed by atoms with van der Waals surface area (Å²) in [6, 6.07) is 0. The van der Waals surface area contributed by atoms with E-state index in [9.17, 15) is 0 Å². The maximum absolute atomic E-state index is 5.82. The smallest absolute Gasteiger partial charge is 0.226 e. The lowest BCUT2D eigenvalue weighted by atomic mass is 10.4. The van der Waals surface area contributed by atoms with Crippen LogP contribution < -0.4 is 4.90 Å². The Labute approximate surface area is 92.5 Å². The first kappa shape index (κ1) is 10.2. The van der Waals surface area contributed by atoms with Crippen molar-refractivity contribution in [2.24, 2.45) is 0 Å². The highest BCUT2D eigenvalue weighted by Gasteiger charge is 2.11. The Hall–Kier alpha value is -1.36. The highest BCUT2D eigenvalue weighted by Crippen LogP contribution is 2.21. The molecule has 0 atom stereocenters. The number of imidazole rings is 1. The molecule has 2 heterocycles. The van der Waals surface area contributed by atoms with Crippen LogP contribution in [0.3, 0.4) is 0 Å². The second kappa shape index (κ2) is 4.02. The molecule has 0 bridgehead atoms. The fourth-order valence-corrected chi connectivity index (χ4v) is 1.67. The van der Waals surface area contributed by atoms with Gasteiger partial charge in [0.15, 0.2) is 11.5 Å². The van der Waals surface area contributed by atoms with E-state index in [2.05, 4.69) is 26.9 Å². The molecule has 80 valence electrons. The average Bonchev–Trinajstić information content (AvgIpc) is 2.64. The van der Waals surface area contributed by atoms with Crippen molar-refractivity contribution in [2.75, 3.05) is 18.5 Å². The summed E-state index contributed by atoms with van der Waals surface area (Å²) in [7, 11) is 1.97. The Morgan fingerprint density at radius 2 is 2.27 bits per heavy atom. The van der Waals surface area contributed by atoms with Gasteiger partial charge < -0.3 is 9.88 Å². The molecule has 2 aromatic heterocycles. The molecule has 0 aliphatic carbocycles. The standard InChI is InChI=1S/C9H12ClN5/c1-3-4-15(2)8-6-7(12-5-11-6)13-9(10)14-8/h5H,3-4H2,1-2H3,(H,11,12,13,14). The molecule has 0 amide bonds. The zero-order valence-electron chi connectivity index (χ0n) is 8.66. The van der Waals surface area contributed by atoms with Crippen molar-refractivity contribution in [2.45, 2.75) is 13.3 Å². The van der Waals surface area contributed by atoms with Crippen LogP contribution >= 0.6 is 11.6 Å². The van der Waals surface area contributed by atoms with E-state index < -0.39 is 0 Å². The Balaban J connectivity index is 2.52. The topological polar surface area (TPSA) is 57.7 Å². The van der Waals surface area contributed by atoms with Gasteiger partial charge >= 0.3 is 0 Å². The number of hydrogen-bond acceptors (Lipinski definition) is 4. The molecule has 0 unspecified atom stereocenters. The summed E-state index contributed by atoms with van der Waals surface area (Å²) in [5.41, 5.74) is 1.43. The second-order valence-electron chi connectivity index (χ2n) is 3.34. The van der Waals surface area contributed by atoms with Crippen molar-refractivity contribution in [3.63, 3.8) is 0 Å². The SMILES string of the molecule is CCCN(C)c1nc(Cl)nc2nc[nH]c12. The number of hydrogen-bond donors (Lipinski definition) is 1. The van der Waals surface area contributed by atoms with Crippen LogP contribution in [0.2, 0.25) is 5.28 Å². The normalized spacial score (nSPS) is 10.9. The maximum Gasteiger partial charge on any atom is 0.226 e. The number of nitrogens with one attached hydrogen (secondary N) is 1. The number of rotatable bonds is 3. The predicted octanol–water partition coefficient (Wildman–Crippen LogP) is 1.85. The van der Waals surface area contributed by atoms with E-state index in [1.165, 1.54) is 0 Å². The highest BCUT2D eigenvalue weighted by atomic mass is 35.5. The van der Waals surface area contributed by atoms with Crippen molar-refractivity contribution in [3.8, 4) is 0 Å². The Morgan fingerprint density at radius 1 is 1.47 bits per heavy atom. The molecule has 15 heavy (non-hydrogen) atoms. The van der Waals surface area contributed by atoms with Crippen LogP contribution in [0, 0.1) is 0 Å². The van der Waals surface area contributed by atoms with Gasteiger partial charge in [-0.2, -0.15) is 9.97 Å². The Bertz CT molecular complexity index is 466. The fraction of sp³-hybridized carbons (Fsp3) is 0.444. The molecule has 5 nitrogen and oxygen atoms in total. The zero-order valence-corrected chi connectivity index (χ0v) is 9.41. The summed E-state index contributed by atoms with van der Waals surface area (Å²) in [5, 5.41) is 0.229. The molecule has 0 aliphatic rings.